The molecule has 0 aromatic heterocycles. The number of β-amino-alcohol motifs (C(OH)–C–C–N with tert-alkyl or cyclic N) is 1. The third-order valence-corrected chi connectivity index (χ3v) is 5.09. The Balaban J connectivity index is 1.38. The van der Waals surface area contributed by atoms with Crippen molar-refractivity contribution in [3.05, 3.63) is 35.9 Å². The molecule has 0 bridgehead atoms. The van der Waals surface area contributed by atoms with Crippen LogP contribution in [0.2, 0.25) is 0 Å². The molecule has 0 radical (unpaired) electrons. The van der Waals surface area contributed by atoms with Crippen LogP contribution in [0, 0.1) is 0 Å². The van der Waals surface area contributed by atoms with Gasteiger partial charge >= 0.3 is 0 Å². The van der Waals surface area contributed by atoms with Crippen molar-refractivity contribution < 1.29 is 14.6 Å². The maximum Gasteiger partial charge on any atom is 0.248 e. The van der Waals surface area contributed by atoms with Gasteiger partial charge in [0, 0.05) is 32.7 Å². The molecule has 3 rings (SSSR count). The summed E-state index contributed by atoms with van der Waals surface area (Å²) in [6, 6.07) is 9.74. The van der Waals surface area contributed by atoms with E-state index in [9.17, 15) is 9.90 Å². The van der Waals surface area contributed by atoms with Crippen LogP contribution in [0.25, 0.3) is 0 Å². The lowest BCUT2D eigenvalue weighted by Gasteiger charge is -2.35. The Morgan fingerprint density at radius 3 is 2.46 bits per heavy atom. The summed E-state index contributed by atoms with van der Waals surface area (Å²) >= 11 is 0. The van der Waals surface area contributed by atoms with Gasteiger partial charge in [0.05, 0.1) is 12.2 Å². The molecule has 1 saturated carbocycles. The monoisotopic (exact) mass is 332 g/mol. The standard InChI is InChI=1S/C19H28N2O3/c22-18(16-6-2-1-3-7-16)14-20-10-12-21(13-11-20)19(23)15-24-17-8-4-5-9-17/h1-3,6-7,17-18,22H,4-5,8-15H2. The van der Waals surface area contributed by atoms with Crippen LogP contribution in [0.1, 0.15) is 37.4 Å². The van der Waals surface area contributed by atoms with Crippen LogP contribution in [0.4, 0.5) is 0 Å². The van der Waals surface area contributed by atoms with Crippen molar-refractivity contribution in [3.8, 4) is 0 Å². The van der Waals surface area contributed by atoms with E-state index in [0.29, 0.717) is 19.6 Å². The summed E-state index contributed by atoms with van der Waals surface area (Å²) < 4.78 is 5.72. The van der Waals surface area contributed by atoms with Crippen LogP contribution in [-0.2, 0) is 9.53 Å². The summed E-state index contributed by atoms with van der Waals surface area (Å²) in [6.45, 7) is 3.88. The van der Waals surface area contributed by atoms with Crippen LogP contribution in [-0.4, -0.2) is 66.2 Å². The van der Waals surface area contributed by atoms with Gasteiger partial charge in [-0.15, -0.1) is 0 Å². The van der Waals surface area contributed by atoms with Gasteiger partial charge in [0.15, 0.2) is 0 Å². The zero-order chi connectivity index (χ0) is 16.8. The van der Waals surface area contributed by atoms with Gasteiger partial charge in [-0.2, -0.15) is 0 Å². The molecule has 1 N–H and O–H groups in total. The van der Waals surface area contributed by atoms with E-state index >= 15 is 0 Å². The number of ether oxygens (including phenoxy) is 1. The summed E-state index contributed by atoms with van der Waals surface area (Å²) in [5.41, 5.74) is 0.945. The molecule has 1 unspecified atom stereocenters. The number of aliphatic hydroxyl groups excluding tert-OH is 1. The predicted molar refractivity (Wildman–Crippen MR) is 92.6 cm³/mol. The lowest BCUT2D eigenvalue weighted by Crippen LogP contribution is -2.50. The Labute approximate surface area is 144 Å². The van der Waals surface area contributed by atoms with Crippen LogP contribution in [0.3, 0.4) is 0 Å². The highest BCUT2D eigenvalue weighted by molar-refractivity contribution is 5.77. The van der Waals surface area contributed by atoms with E-state index in [4.69, 9.17) is 4.74 Å². The SMILES string of the molecule is O=C(COC1CCCC1)N1CCN(CC(O)c2ccccc2)CC1. The maximum absolute atomic E-state index is 12.2. The molecule has 1 aliphatic carbocycles. The lowest BCUT2D eigenvalue weighted by molar-refractivity contribution is -0.140. The Kier molecular flexibility index (Phi) is 6.24. The Morgan fingerprint density at radius 1 is 1.12 bits per heavy atom. The average molecular weight is 332 g/mol. The molecule has 1 amide bonds. The van der Waals surface area contributed by atoms with Crippen molar-refractivity contribution in [1.29, 1.82) is 0 Å². The molecule has 132 valence electrons. The summed E-state index contributed by atoms with van der Waals surface area (Å²) in [7, 11) is 0. The normalized spacial score (nSPS) is 21.1. The summed E-state index contributed by atoms with van der Waals surface area (Å²) in [6.07, 6.45) is 4.45. The van der Waals surface area contributed by atoms with Gasteiger partial charge in [-0.25, -0.2) is 0 Å². The van der Waals surface area contributed by atoms with Crippen LogP contribution < -0.4 is 0 Å². The molecule has 5 nitrogen and oxygen atoms in total. The molecule has 1 heterocycles. The average Bonchev–Trinajstić information content (AvgIpc) is 3.14. The number of aliphatic hydroxyl groups is 1. The second-order valence-electron chi connectivity index (χ2n) is 6.83. The molecule has 1 aliphatic heterocycles. The van der Waals surface area contributed by atoms with Crippen molar-refractivity contribution >= 4 is 5.91 Å². The third kappa shape index (κ3) is 4.79. The fourth-order valence-corrected chi connectivity index (χ4v) is 3.54. The van der Waals surface area contributed by atoms with E-state index in [0.717, 1.165) is 31.5 Å². The highest BCUT2D eigenvalue weighted by atomic mass is 16.5. The fourth-order valence-electron chi connectivity index (χ4n) is 3.54. The van der Waals surface area contributed by atoms with E-state index in [-0.39, 0.29) is 18.6 Å². The number of rotatable bonds is 6. The first-order chi connectivity index (χ1) is 11.7. The number of hydrogen-bond acceptors (Lipinski definition) is 4. The first-order valence-corrected chi connectivity index (χ1v) is 9.07. The molecule has 5 heteroatoms. The number of piperazine rings is 1. The van der Waals surface area contributed by atoms with E-state index in [1.807, 2.05) is 35.2 Å². The molecule has 0 spiro atoms. The predicted octanol–water partition coefficient (Wildman–Crippen LogP) is 1.82. The molecular weight excluding hydrogens is 304 g/mol. The second-order valence-corrected chi connectivity index (χ2v) is 6.83. The first kappa shape index (κ1) is 17.4. The molecule has 1 atom stereocenters. The van der Waals surface area contributed by atoms with Crippen molar-refractivity contribution in [2.45, 2.75) is 37.9 Å². The summed E-state index contributed by atoms with van der Waals surface area (Å²) in [5.74, 6) is 0.102. The molecule has 1 aromatic rings. The number of carbonyl (C=O) groups is 1. The summed E-state index contributed by atoms with van der Waals surface area (Å²) in [4.78, 5) is 16.3. The minimum Gasteiger partial charge on any atom is -0.387 e. The fraction of sp³-hybridized carbons (Fsp3) is 0.632. The van der Waals surface area contributed by atoms with Gasteiger partial charge in [0.2, 0.25) is 5.91 Å². The second kappa shape index (κ2) is 8.60. The highest BCUT2D eigenvalue weighted by Gasteiger charge is 2.24. The quantitative estimate of drug-likeness (QED) is 0.863. The van der Waals surface area contributed by atoms with Gasteiger partial charge in [-0.05, 0) is 18.4 Å². The van der Waals surface area contributed by atoms with Crippen LogP contribution in [0.15, 0.2) is 30.3 Å². The van der Waals surface area contributed by atoms with Gasteiger partial charge in [0.25, 0.3) is 0 Å². The number of amides is 1. The Bertz CT molecular complexity index is 509. The van der Waals surface area contributed by atoms with Crippen molar-refractivity contribution in [2.24, 2.45) is 0 Å². The van der Waals surface area contributed by atoms with E-state index in [1.165, 1.54) is 12.8 Å². The molecular formula is C19H28N2O3. The van der Waals surface area contributed by atoms with Crippen LogP contribution >= 0.6 is 0 Å². The number of nitrogens with zero attached hydrogens (tertiary/aromatic N) is 2. The topological polar surface area (TPSA) is 53.0 Å². The van der Waals surface area contributed by atoms with Gasteiger partial charge in [0.1, 0.15) is 6.61 Å². The van der Waals surface area contributed by atoms with Crippen molar-refractivity contribution in [3.63, 3.8) is 0 Å². The molecule has 24 heavy (non-hydrogen) atoms. The number of hydrogen-bond donors (Lipinski definition) is 1. The van der Waals surface area contributed by atoms with Crippen molar-refractivity contribution in [1.82, 2.24) is 9.80 Å². The Morgan fingerprint density at radius 2 is 1.79 bits per heavy atom. The number of carbonyl (C=O) groups excluding carboxylic acids is 1. The minimum atomic E-state index is -0.473. The highest BCUT2D eigenvalue weighted by Crippen LogP contribution is 2.21. The first-order valence-electron chi connectivity index (χ1n) is 9.07. The molecule has 2 fully saturated rings. The van der Waals surface area contributed by atoms with E-state index < -0.39 is 6.10 Å². The molecule has 1 saturated heterocycles. The van der Waals surface area contributed by atoms with Gasteiger partial charge in [-0.3, -0.25) is 9.69 Å². The Hall–Kier alpha value is -1.43. The van der Waals surface area contributed by atoms with Crippen LogP contribution in [0.5, 0.6) is 0 Å². The largest absolute Gasteiger partial charge is 0.387 e. The van der Waals surface area contributed by atoms with E-state index in [1.54, 1.807) is 0 Å². The lowest BCUT2D eigenvalue weighted by atomic mass is 10.1. The molecule has 1 aromatic carbocycles. The molecule has 2 aliphatic rings. The van der Waals surface area contributed by atoms with Crippen molar-refractivity contribution in [2.75, 3.05) is 39.3 Å². The maximum atomic E-state index is 12.2. The zero-order valence-corrected chi connectivity index (χ0v) is 14.3. The summed E-state index contributed by atoms with van der Waals surface area (Å²) in [5, 5.41) is 10.3. The minimum absolute atomic E-state index is 0.102. The van der Waals surface area contributed by atoms with E-state index in [2.05, 4.69) is 4.90 Å². The van der Waals surface area contributed by atoms with Gasteiger partial charge < -0.3 is 14.7 Å². The number of benzene rings is 1. The van der Waals surface area contributed by atoms with Gasteiger partial charge in [-0.1, -0.05) is 43.2 Å². The smallest absolute Gasteiger partial charge is 0.248 e. The third-order valence-electron chi connectivity index (χ3n) is 5.09. The zero-order valence-electron chi connectivity index (χ0n) is 14.3.